The summed E-state index contributed by atoms with van der Waals surface area (Å²) in [5.74, 6) is 0.735. The third-order valence-electron chi connectivity index (χ3n) is 2.15. The summed E-state index contributed by atoms with van der Waals surface area (Å²) in [7, 11) is 0. The van der Waals surface area contributed by atoms with Crippen molar-refractivity contribution in [2.24, 2.45) is 0 Å². The Kier molecular flexibility index (Phi) is 2.54. The molecule has 0 unspecified atom stereocenters. The van der Waals surface area contributed by atoms with E-state index in [-0.39, 0.29) is 5.88 Å². The van der Waals surface area contributed by atoms with E-state index in [4.69, 9.17) is 0 Å². The molecule has 0 amide bonds. The molecule has 2 aromatic rings. The van der Waals surface area contributed by atoms with Crippen LogP contribution in [0.25, 0.3) is 11.4 Å². The number of hydrogen-bond donors (Lipinski definition) is 2. The minimum absolute atomic E-state index is 0.0498. The van der Waals surface area contributed by atoms with Crippen LogP contribution >= 0.6 is 0 Å². The van der Waals surface area contributed by atoms with E-state index < -0.39 is 0 Å². The van der Waals surface area contributed by atoms with Gasteiger partial charge in [0.05, 0.1) is 5.69 Å². The van der Waals surface area contributed by atoms with Gasteiger partial charge in [0, 0.05) is 12.0 Å². The Balaban J connectivity index is 2.38. The summed E-state index contributed by atoms with van der Waals surface area (Å²) in [4.78, 5) is 7.12. The van der Waals surface area contributed by atoms with Gasteiger partial charge in [-0.2, -0.15) is 4.98 Å². The standard InChI is InChI=1S/C12H12N2O/c1-2-6-10-12(15)14-11(13-10)9-7-4-3-5-8-9/h2-5,7-8,15H,1,6H2,(H,13,14). The fraction of sp³-hybridized carbons (Fsp3) is 0.0833. The molecule has 76 valence electrons. The van der Waals surface area contributed by atoms with Gasteiger partial charge in [0.25, 0.3) is 0 Å². The Morgan fingerprint density at radius 1 is 1.33 bits per heavy atom. The molecular formula is C12H12N2O. The lowest BCUT2D eigenvalue weighted by Gasteiger charge is -1.93. The second-order valence-corrected chi connectivity index (χ2v) is 3.25. The molecule has 3 heteroatoms. The minimum Gasteiger partial charge on any atom is -0.492 e. The van der Waals surface area contributed by atoms with Crippen LogP contribution in [0.4, 0.5) is 0 Å². The number of benzene rings is 1. The minimum atomic E-state index is 0.0498. The summed E-state index contributed by atoms with van der Waals surface area (Å²) in [5, 5.41) is 9.53. The van der Waals surface area contributed by atoms with Gasteiger partial charge in [-0.25, -0.2) is 0 Å². The number of aromatic amines is 1. The maximum atomic E-state index is 9.53. The van der Waals surface area contributed by atoms with Crippen molar-refractivity contribution >= 4 is 0 Å². The fourth-order valence-electron chi connectivity index (χ4n) is 1.42. The van der Waals surface area contributed by atoms with Crippen LogP contribution in [0.1, 0.15) is 5.69 Å². The molecule has 0 spiro atoms. The monoisotopic (exact) mass is 200 g/mol. The van der Waals surface area contributed by atoms with Crippen LogP contribution in [-0.2, 0) is 6.42 Å². The topological polar surface area (TPSA) is 48.9 Å². The summed E-state index contributed by atoms with van der Waals surface area (Å²) in [6, 6.07) is 9.69. The molecule has 0 aliphatic carbocycles. The summed E-state index contributed by atoms with van der Waals surface area (Å²) in [6.45, 7) is 3.62. The number of aromatic nitrogens is 2. The number of imidazole rings is 1. The molecule has 2 rings (SSSR count). The van der Waals surface area contributed by atoms with E-state index in [1.165, 1.54) is 0 Å². The molecule has 0 atom stereocenters. The maximum Gasteiger partial charge on any atom is 0.233 e. The smallest absolute Gasteiger partial charge is 0.233 e. The van der Waals surface area contributed by atoms with Gasteiger partial charge in [0.1, 0.15) is 5.82 Å². The molecule has 0 aliphatic heterocycles. The van der Waals surface area contributed by atoms with Crippen LogP contribution < -0.4 is 0 Å². The number of allylic oxidation sites excluding steroid dienone is 1. The Bertz CT molecular complexity index is 460. The van der Waals surface area contributed by atoms with Gasteiger partial charge < -0.3 is 10.1 Å². The summed E-state index contributed by atoms with van der Waals surface area (Å²) in [5.41, 5.74) is 1.66. The average molecular weight is 200 g/mol. The molecule has 0 radical (unpaired) electrons. The van der Waals surface area contributed by atoms with Crippen LogP contribution in [0.2, 0.25) is 0 Å². The van der Waals surface area contributed by atoms with E-state index in [2.05, 4.69) is 16.5 Å². The third kappa shape index (κ3) is 1.91. The van der Waals surface area contributed by atoms with E-state index >= 15 is 0 Å². The van der Waals surface area contributed by atoms with Crippen molar-refractivity contribution < 1.29 is 5.11 Å². The molecule has 0 aliphatic rings. The zero-order chi connectivity index (χ0) is 10.7. The molecule has 15 heavy (non-hydrogen) atoms. The van der Waals surface area contributed by atoms with Crippen molar-refractivity contribution in [3.8, 4) is 17.3 Å². The summed E-state index contributed by atoms with van der Waals surface area (Å²) >= 11 is 0. The predicted molar refractivity (Wildman–Crippen MR) is 59.6 cm³/mol. The number of aromatic hydroxyl groups is 1. The first kappa shape index (κ1) is 9.52. The molecule has 1 heterocycles. The molecule has 0 fully saturated rings. The van der Waals surface area contributed by atoms with Gasteiger partial charge in [-0.05, 0) is 0 Å². The predicted octanol–water partition coefficient (Wildman–Crippen LogP) is 2.51. The number of rotatable bonds is 3. The average Bonchev–Trinajstić information content (AvgIpc) is 2.63. The lowest BCUT2D eigenvalue weighted by Crippen LogP contribution is -1.82. The van der Waals surface area contributed by atoms with Gasteiger partial charge >= 0.3 is 0 Å². The highest BCUT2D eigenvalue weighted by Gasteiger charge is 2.08. The number of hydrogen-bond acceptors (Lipinski definition) is 2. The molecule has 3 nitrogen and oxygen atoms in total. The lowest BCUT2D eigenvalue weighted by atomic mass is 10.2. The van der Waals surface area contributed by atoms with Gasteiger partial charge in [-0.1, -0.05) is 36.4 Å². The van der Waals surface area contributed by atoms with Gasteiger partial charge in [-0.3, -0.25) is 0 Å². The number of nitrogens with zero attached hydrogens (tertiary/aromatic N) is 1. The zero-order valence-corrected chi connectivity index (χ0v) is 8.27. The highest BCUT2D eigenvalue weighted by molar-refractivity contribution is 5.56. The van der Waals surface area contributed by atoms with Gasteiger partial charge in [0.2, 0.25) is 5.88 Å². The van der Waals surface area contributed by atoms with Gasteiger partial charge in [-0.15, -0.1) is 6.58 Å². The molecule has 2 N–H and O–H groups in total. The second-order valence-electron chi connectivity index (χ2n) is 3.25. The Morgan fingerprint density at radius 2 is 2.07 bits per heavy atom. The molecule has 1 aromatic carbocycles. The highest BCUT2D eigenvalue weighted by atomic mass is 16.3. The first-order valence-electron chi connectivity index (χ1n) is 4.75. The molecule has 0 saturated heterocycles. The normalized spacial score (nSPS) is 10.1. The van der Waals surface area contributed by atoms with Crippen molar-refractivity contribution in [1.82, 2.24) is 9.97 Å². The van der Waals surface area contributed by atoms with Crippen molar-refractivity contribution in [3.05, 3.63) is 48.7 Å². The number of nitrogens with one attached hydrogen (secondary N) is 1. The van der Waals surface area contributed by atoms with Crippen molar-refractivity contribution in [3.63, 3.8) is 0 Å². The van der Waals surface area contributed by atoms with Crippen molar-refractivity contribution in [2.45, 2.75) is 6.42 Å². The summed E-state index contributed by atoms with van der Waals surface area (Å²) < 4.78 is 0. The Morgan fingerprint density at radius 3 is 2.73 bits per heavy atom. The zero-order valence-electron chi connectivity index (χ0n) is 8.27. The Hall–Kier alpha value is -2.03. The molecule has 1 aromatic heterocycles. The fourth-order valence-corrected chi connectivity index (χ4v) is 1.42. The van der Waals surface area contributed by atoms with E-state index in [0.717, 1.165) is 5.56 Å². The van der Waals surface area contributed by atoms with Crippen molar-refractivity contribution in [1.29, 1.82) is 0 Å². The van der Waals surface area contributed by atoms with Crippen LogP contribution in [-0.4, -0.2) is 15.1 Å². The van der Waals surface area contributed by atoms with E-state index in [1.54, 1.807) is 6.08 Å². The maximum absolute atomic E-state index is 9.53. The van der Waals surface area contributed by atoms with E-state index in [1.807, 2.05) is 30.3 Å². The first-order chi connectivity index (χ1) is 7.31. The van der Waals surface area contributed by atoms with E-state index in [9.17, 15) is 5.11 Å². The SMILES string of the molecule is C=CCc1[nH]c(-c2ccccc2)nc1O. The molecule has 0 saturated carbocycles. The van der Waals surface area contributed by atoms with Crippen molar-refractivity contribution in [2.75, 3.05) is 0 Å². The van der Waals surface area contributed by atoms with Crippen LogP contribution in [0, 0.1) is 0 Å². The quantitative estimate of drug-likeness (QED) is 0.748. The van der Waals surface area contributed by atoms with Crippen LogP contribution in [0.15, 0.2) is 43.0 Å². The highest BCUT2D eigenvalue weighted by Crippen LogP contribution is 2.21. The first-order valence-corrected chi connectivity index (χ1v) is 4.75. The summed E-state index contributed by atoms with van der Waals surface area (Å²) in [6.07, 6.45) is 2.31. The van der Waals surface area contributed by atoms with Crippen LogP contribution in [0.3, 0.4) is 0 Å². The third-order valence-corrected chi connectivity index (χ3v) is 2.15. The largest absolute Gasteiger partial charge is 0.492 e. The second kappa shape index (κ2) is 4.00. The van der Waals surface area contributed by atoms with Crippen LogP contribution in [0.5, 0.6) is 5.88 Å². The van der Waals surface area contributed by atoms with Gasteiger partial charge in [0.15, 0.2) is 0 Å². The molecular weight excluding hydrogens is 188 g/mol. The Labute approximate surface area is 88.1 Å². The number of H-pyrrole nitrogens is 1. The molecule has 0 bridgehead atoms. The lowest BCUT2D eigenvalue weighted by molar-refractivity contribution is 0.451. The van der Waals surface area contributed by atoms with E-state index in [0.29, 0.717) is 17.9 Å².